The summed E-state index contributed by atoms with van der Waals surface area (Å²) in [5, 5.41) is 10.4. The van der Waals surface area contributed by atoms with Crippen LogP contribution >= 0.6 is 0 Å². The monoisotopic (exact) mass is 371 g/mol. The Bertz CT molecular complexity index is 911. The Balaban J connectivity index is 1.90. The minimum Gasteiger partial charge on any atom is -0.467 e. The number of benzene rings is 2. The van der Waals surface area contributed by atoms with Crippen LogP contribution in [0, 0.1) is 18.6 Å². The molecule has 0 fully saturated rings. The van der Waals surface area contributed by atoms with E-state index in [2.05, 4.69) is 0 Å². The van der Waals surface area contributed by atoms with E-state index in [1.54, 1.807) is 12.1 Å². The van der Waals surface area contributed by atoms with E-state index in [9.17, 15) is 18.7 Å². The molecule has 0 saturated carbocycles. The van der Waals surface area contributed by atoms with Gasteiger partial charge in [-0.2, -0.15) is 0 Å². The van der Waals surface area contributed by atoms with Crippen LogP contribution in [0.3, 0.4) is 0 Å². The van der Waals surface area contributed by atoms with Crippen LogP contribution < -0.4 is 0 Å². The minimum absolute atomic E-state index is 0.100. The Morgan fingerprint density at radius 3 is 2.52 bits per heavy atom. The van der Waals surface area contributed by atoms with Crippen LogP contribution in [-0.4, -0.2) is 22.5 Å². The molecule has 1 atom stereocenters. The molecule has 0 bridgehead atoms. The molecule has 4 nitrogen and oxygen atoms in total. The number of hydrogen-bond acceptors (Lipinski definition) is 3. The summed E-state index contributed by atoms with van der Waals surface area (Å²) in [6, 6.07) is 14.3. The molecule has 0 aliphatic rings. The lowest BCUT2D eigenvalue weighted by molar-refractivity contribution is 0.0559. The van der Waals surface area contributed by atoms with E-state index in [4.69, 9.17) is 4.42 Å². The van der Waals surface area contributed by atoms with Gasteiger partial charge in [-0.25, -0.2) is 8.78 Å². The van der Waals surface area contributed by atoms with Gasteiger partial charge in [0.2, 0.25) is 0 Å². The van der Waals surface area contributed by atoms with Crippen molar-refractivity contribution in [1.82, 2.24) is 4.90 Å². The van der Waals surface area contributed by atoms with Crippen molar-refractivity contribution in [2.45, 2.75) is 19.6 Å². The predicted octanol–water partition coefficient (Wildman–Crippen LogP) is 4.24. The number of rotatable bonds is 6. The maximum Gasteiger partial charge on any atom is 0.257 e. The molecule has 27 heavy (non-hydrogen) atoms. The summed E-state index contributed by atoms with van der Waals surface area (Å²) in [5.74, 6) is -1.98. The molecule has 1 aromatic heterocycles. The first-order chi connectivity index (χ1) is 13.0. The van der Waals surface area contributed by atoms with Crippen molar-refractivity contribution in [2.24, 2.45) is 0 Å². The van der Waals surface area contributed by atoms with Crippen molar-refractivity contribution < 1.29 is 23.1 Å². The minimum atomic E-state index is -1.07. The fourth-order valence-corrected chi connectivity index (χ4v) is 2.79. The van der Waals surface area contributed by atoms with E-state index >= 15 is 0 Å². The Morgan fingerprint density at radius 1 is 1.11 bits per heavy atom. The van der Waals surface area contributed by atoms with Gasteiger partial charge in [-0.15, -0.1) is 0 Å². The third kappa shape index (κ3) is 4.41. The number of halogens is 2. The Kier molecular flexibility index (Phi) is 5.66. The SMILES string of the molecule is Cc1cc(C(=O)N(Cc2ccccc2)C[C@H](O)c2ccco2)c(F)cc1F. The molecule has 6 heteroatoms. The van der Waals surface area contributed by atoms with E-state index in [0.29, 0.717) is 11.8 Å². The van der Waals surface area contributed by atoms with Crippen molar-refractivity contribution in [1.29, 1.82) is 0 Å². The first kappa shape index (κ1) is 18.8. The van der Waals surface area contributed by atoms with Crippen LogP contribution in [0.1, 0.15) is 33.3 Å². The number of furan rings is 1. The van der Waals surface area contributed by atoms with Crippen molar-refractivity contribution in [3.05, 3.63) is 94.9 Å². The summed E-state index contributed by atoms with van der Waals surface area (Å²) in [7, 11) is 0. The molecule has 140 valence electrons. The number of amides is 1. The Labute approximate surface area is 155 Å². The lowest BCUT2D eigenvalue weighted by Crippen LogP contribution is -2.35. The predicted molar refractivity (Wildman–Crippen MR) is 95.9 cm³/mol. The summed E-state index contributed by atoms with van der Waals surface area (Å²) in [4.78, 5) is 14.3. The molecule has 0 spiro atoms. The van der Waals surface area contributed by atoms with Crippen LogP contribution in [-0.2, 0) is 6.54 Å². The van der Waals surface area contributed by atoms with Gasteiger partial charge in [-0.1, -0.05) is 30.3 Å². The largest absolute Gasteiger partial charge is 0.467 e. The number of aryl methyl sites for hydroxylation is 1. The van der Waals surface area contributed by atoms with Gasteiger partial charge < -0.3 is 14.4 Å². The fourth-order valence-electron chi connectivity index (χ4n) is 2.79. The first-order valence-electron chi connectivity index (χ1n) is 8.46. The van der Waals surface area contributed by atoms with E-state index in [-0.39, 0.29) is 24.2 Å². The summed E-state index contributed by atoms with van der Waals surface area (Å²) in [6.07, 6.45) is 0.350. The second-order valence-corrected chi connectivity index (χ2v) is 6.28. The van der Waals surface area contributed by atoms with Gasteiger partial charge in [0.1, 0.15) is 23.5 Å². The van der Waals surface area contributed by atoms with Gasteiger partial charge in [-0.05, 0) is 36.2 Å². The molecule has 1 heterocycles. The highest BCUT2D eigenvalue weighted by Crippen LogP contribution is 2.21. The number of carbonyl (C=O) groups excluding carboxylic acids is 1. The molecule has 0 radical (unpaired) electrons. The van der Waals surface area contributed by atoms with Gasteiger partial charge in [0.25, 0.3) is 5.91 Å². The van der Waals surface area contributed by atoms with E-state index in [0.717, 1.165) is 5.56 Å². The zero-order chi connectivity index (χ0) is 19.4. The van der Waals surface area contributed by atoms with Gasteiger partial charge in [0.15, 0.2) is 0 Å². The molecule has 1 amide bonds. The highest BCUT2D eigenvalue weighted by Gasteiger charge is 2.24. The van der Waals surface area contributed by atoms with Crippen LogP contribution in [0.2, 0.25) is 0 Å². The number of aliphatic hydroxyl groups excluding tert-OH is 1. The maximum absolute atomic E-state index is 14.2. The standard InChI is InChI=1S/C21H19F2NO3/c1-14-10-16(18(23)11-17(14)22)21(26)24(12-15-6-3-2-4-7-15)13-19(25)20-8-5-9-27-20/h2-11,19,25H,12-13H2,1H3/t19-/m0/s1. The van der Waals surface area contributed by atoms with Gasteiger partial charge in [-0.3, -0.25) is 4.79 Å². The lowest BCUT2D eigenvalue weighted by atomic mass is 10.1. The number of hydrogen-bond donors (Lipinski definition) is 1. The highest BCUT2D eigenvalue weighted by molar-refractivity contribution is 5.94. The average Bonchev–Trinajstić information content (AvgIpc) is 3.19. The number of nitrogens with zero attached hydrogens (tertiary/aromatic N) is 1. The molecule has 1 N–H and O–H groups in total. The van der Waals surface area contributed by atoms with Crippen molar-refractivity contribution in [3.8, 4) is 0 Å². The smallest absolute Gasteiger partial charge is 0.257 e. The molecule has 0 saturated heterocycles. The maximum atomic E-state index is 14.2. The van der Waals surface area contributed by atoms with Crippen molar-refractivity contribution >= 4 is 5.91 Å². The molecule has 3 aromatic rings. The summed E-state index contributed by atoms with van der Waals surface area (Å²) in [6.45, 7) is 1.52. The second-order valence-electron chi connectivity index (χ2n) is 6.28. The second kappa shape index (κ2) is 8.14. The molecule has 3 rings (SSSR count). The van der Waals surface area contributed by atoms with E-state index in [1.807, 2.05) is 30.3 Å². The quantitative estimate of drug-likeness (QED) is 0.705. The molecular formula is C21H19F2NO3. The normalized spacial score (nSPS) is 12.0. The van der Waals surface area contributed by atoms with Crippen LogP contribution in [0.25, 0.3) is 0 Å². The van der Waals surface area contributed by atoms with Crippen molar-refractivity contribution in [3.63, 3.8) is 0 Å². The van der Waals surface area contributed by atoms with E-state index in [1.165, 1.54) is 24.2 Å². The molecule has 0 unspecified atom stereocenters. The van der Waals surface area contributed by atoms with Crippen LogP contribution in [0.4, 0.5) is 8.78 Å². The Morgan fingerprint density at radius 2 is 1.85 bits per heavy atom. The topological polar surface area (TPSA) is 53.7 Å². The third-order valence-corrected chi connectivity index (χ3v) is 4.25. The third-order valence-electron chi connectivity index (χ3n) is 4.25. The number of carbonyl (C=O) groups is 1. The average molecular weight is 371 g/mol. The fraction of sp³-hybridized carbons (Fsp3) is 0.190. The van der Waals surface area contributed by atoms with Crippen LogP contribution in [0.15, 0.2) is 65.3 Å². The molecule has 0 aliphatic heterocycles. The lowest BCUT2D eigenvalue weighted by Gasteiger charge is -2.25. The summed E-state index contributed by atoms with van der Waals surface area (Å²) in [5.41, 5.74) is 0.749. The zero-order valence-electron chi connectivity index (χ0n) is 14.7. The highest BCUT2D eigenvalue weighted by atomic mass is 19.1. The van der Waals surface area contributed by atoms with Gasteiger partial charge in [0.05, 0.1) is 18.4 Å². The van der Waals surface area contributed by atoms with E-state index < -0.39 is 23.6 Å². The van der Waals surface area contributed by atoms with Crippen LogP contribution in [0.5, 0.6) is 0 Å². The molecule has 2 aromatic carbocycles. The van der Waals surface area contributed by atoms with Crippen molar-refractivity contribution in [2.75, 3.05) is 6.54 Å². The summed E-state index contributed by atoms with van der Waals surface area (Å²) >= 11 is 0. The molecular weight excluding hydrogens is 352 g/mol. The molecule has 0 aliphatic carbocycles. The van der Waals surface area contributed by atoms with Gasteiger partial charge in [0, 0.05) is 12.6 Å². The zero-order valence-corrected chi connectivity index (χ0v) is 14.7. The number of aliphatic hydroxyl groups is 1. The Hall–Kier alpha value is -2.99. The summed E-state index contributed by atoms with van der Waals surface area (Å²) < 4.78 is 33.0. The first-order valence-corrected chi connectivity index (χ1v) is 8.46. The van der Waals surface area contributed by atoms with Gasteiger partial charge >= 0.3 is 0 Å².